The Kier molecular flexibility index (Phi) is 4.97. The van der Waals surface area contributed by atoms with Crippen LogP contribution in [-0.2, 0) is 19.8 Å². The number of halogens is 4. The van der Waals surface area contributed by atoms with Gasteiger partial charge < -0.3 is 9.47 Å². The molecule has 7 nitrogen and oxygen atoms in total. The number of pyridine rings is 1. The molecular formula is C19H15ClF3N3O4. The Balaban J connectivity index is 1.83. The highest BCUT2D eigenvalue weighted by Gasteiger charge is 2.33. The Bertz CT molecular complexity index is 1270. The van der Waals surface area contributed by atoms with Crippen LogP contribution < -0.4 is 20.7 Å². The molecule has 3 heterocycles. The number of rotatable bonds is 2. The van der Waals surface area contributed by atoms with Crippen LogP contribution >= 0.6 is 11.6 Å². The summed E-state index contributed by atoms with van der Waals surface area (Å²) in [5.74, 6) is 0.790. The molecule has 0 bridgehead atoms. The van der Waals surface area contributed by atoms with Crippen molar-refractivity contribution in [1.29, 1.82) is 0 Å². The molecule has 1 aliphatic heterocycles. The monoisotopic (exact) mass is 441 g/mol. The minimum atomic E-state index is -4.69. The molecule has 11 heteroatoms. The zero-order valence-electron chi connectivity index (χ0n) is 15.6. The standard InChI is InChI=1S/C19H15ClF3N3O4/c1-25-16-11(3-4-14(24-16)19(21,22)23)17(27)26(18(25)28)9-10-7-12(20)15-13(8-10)29-5-2-6-30-15/h3-4,7-8H,2,5-6,9H2,1H3. The summed E-state index contributed by atoms with van der Waals surface area (Å²) in [6.45, 7) is 0.722. The molecule has 0 saturated heterocycles. The van der Waals surface area contributed by atoms with Crippen LogP contribution in [0.1, 0.15) is 17.7 Å². The van der Waals surface area contributed by atoms with E-state index in [0.717, 1.165) is 15.2 Å². The molecule has 0 radical (unpaired) electrons. The van der Waals surface area contributed by atoms with Gasteiger partial charge in [0.05, 0.1) is 30.2 Å². The molecule has 158 valence electrons. The lowest BCUT2D eigenvalue weighted by molar-refractivity contribution is -0.141. The van der Waals surface area contributed by atoms with Crippen molar-refractivity contribution in [2.45, 2.75) is 19.1 Å². The minimum absolute atomic E-state index is 0.106. The number of nitrogens with zero attached hydrogens (tertiary/aromatic N) is 3. The van der Waals surface area contributed by atoms with E-state index in [0.29, 0.717) is 42.8 Å². The van der Waals surface area contributed by atoms with Crippen LogP contribution in [-0.4, -0.2) is 27.3 Å². The summed E-state index contributed by atoms with van der Waals surface area (Å²) in [5.41, 5.74) is -2.58. The van der Waals surface area contributed by atoms with Crippen molar-refractivity contribution in [3.05, 3.63) is 61.4 Å². The third kappa shape index (κ3) is 3.51. The molecule has 30 heavy (non-hydrogen) atoms. The topological polar surface area (TPSA) is 75.3 Å². The SMILES string of the molecule is Cn1c(=O)n(Cc2cc(Cl)c3c(c2)OCCCO3)c(=O)c2ccc(C(F)(F)F)nc21. The van der Waals surface area contributed by atoms with E-state index in [-0.39, 0.29) is 22.6 Å². The van der Waals surface area contributed by atoms with Crippen molar-refractivity contribution < 1.29 is 22.6 Å². The van der Waals surface area contributed by atoms with Gasteiger partial charge in [0.2, 0.25) is 0 Å². The summed E-state index contributed by atoms with van der Waals surface area (Å²) in [5, 5.41) is 0.164. The van der Waals surface area contributed by atoms with Crippen LogP contribution in [0, 0.1) is 0 Å². The summed E-state index contributed by atoms with van der Waals surface area (Å²) in [7, 11) is 1.26. The van der Waals surface area contributed by atoms with Gasteiger partial charge in [0.1, 0.15) is 11.3 Å². The number of hydrogen-bond acceptors (Lipinski definition) is 5. The van der Waals surface area contributed by atoms with E-state index in [1.807, 2.05) is 0 Å². The van der Waals surface area contributed by atoms with E-state index in [1.54, 1.807) is 12.1 Å². The first-order chi connectivity index (χ1) is 14.2. The fraction of sp³-hybridized carbons (Fsp3) is 0.316. The zero-order chi connectivity index (χ0) is 21.6. The fourth-order valence-electron chi connectivity index (χ4n) is 3.23. The highest BCUT2D eigenvalue weighted by atomic mass is 35.5. The third-order valence-corrected chi connectivity index (χ3v) is 4.96. The molecule has 1 aromatic carbocycles. The number of ether oxygens (including phenoxy) is 2. The molecule has 0 unspecified atom stereocenters. The lowest BCUT2D eigenvalue weighted by Gasteiger charge is -2.14. The average Bonchev–Trinajstić information content (AvgIpc) is 2.94. The predicted molar refractivity (Wildman–Crippen MR) is 102 cm³/mol. The van der Waals surface area contributed by atoms with Gasteiger partial charge in [-0.15, -0.1) is 0 Å². The lowest BCUT2D eigenvalue weighted by atomic mass is 10.2. The minimum Gasteiger partial charge on any atom is -0.489 e. The molecule has 0 saturated carbocycles. The fourth-order valence-corrected chi connectivity index (χ4v) is 3.52. The Labute approximate surface area is 172 Å². The van der Waals surface area contributed by atoms with Gasteiger partial charge in [-0.2, -0.15) is 13.2 Å². The Morgan fingerprint density at radius 1 is 1.17 bits per heavy atom. The van der Waals surface area contributed by atoms with Crippen LogP contribution in [0.25, 0.3) is 11.0 Å². The Morgan fingerprint density at radius 2 is 1.90 bits per heavy atom. The van der Waals surface area contributed by atoms with Crippen molar-refractivity contribution >= 4 is 22.6 Å². The maximum atomic E-state index is 13.0. The molecule has 4 rings (SSSR count). The van der Waals surface area contributed by atoms with Crippen LogP contribution in [0.4, 0.5) is 13.2 Å². The summed E-state index contributed by atoms with van der Waals surface area (Å²) >= 11 is 6.26. The first-order valence-electron chi connectivity index (χ1n) is 8.92. The first kappa shape index (κ1) is 20.3. The van der Waals surface area contributed by atoms with E-state index >= 15 is 0 Å². The maximum absolute atomic E-state index is 13.0. The molecule has 1 aliphatic rings. The lowest BCUT2D eigenvalue weighted by Crippen LogP contribution is -2.39. The van der Waals surface area contributed by atoms with Gasteiger partial charge in [-0.05, 0) is 29.8 Å². The number of fused-ring (bicyclic) bond motifs is 2. The van der Waals surface area contributed by atoms with Crippen LogP contribution in [0.2, 0.25) is 5.02 Å². The second-order valence-corrected chi connectivity index (χ2v) is 7.16. The maximum Gasteiger partial charge on any atom is 0.433 e. The molecule has 0 amide bonds. The van der Waals surface area contributed by atoms with Crippen molar-refractivity contribution in [1.82, 2.24) is 14.1 Å². The van der Waals surface area contributed by atoms with Crippen molar-refractivity contribution in [2.24, 2.45) is 7.05 Å². The van der Waals surface area contributed by atoms with Gasteiger partial charge in [-0.3, -0.25) is 13.9 Å². The normalized spacial score (nSPS) is 14.0. The number of alkyl halides is 3. The smallest absolute Gasteiger partial charge is 0.433 e. The second kappa shape index (κ2) is 7.35. The molecule has 0 fully saturated rings. The van der Waals surface area contributed by atoms with E-state index in [4.69, 9.17) is 21.1 Å². The first-order valence-corrected chi connectivity index (χ1v) is 9.30. The van der Waals surface area contributed by atoms with Gasteiger partial charge in [-0.1, -0.05) is 11.6 Å². The van der Waals surface area contributed by atoms with Crippen LogP contribution in [0.15, 0.2) is 33.9 Å². The Morgan fingerprint density at radius 3 is 2.63 bits per heavy atom. The number of hydrogen-bond donors (Lipinski definition) is 0. The van der Waals surface area contributed by atoms with Gasteiger partial charge in [0, 0.05) is 13.5 Å². The summed E-state index contributed by atoms with van der Waals surface area (Å²) < 4.78 is 51.8. The van der Waals surface area contributed by atoms with Crippen LogP contribution in [0.3, 0.4) is 0 Å². The second-order valence-electron chi connectivity index (χ2n) is 6.75. The highest BCUT2D eigenvalue weighted by molar-refractivity contribution is 6.32. The van der Waals surface area contributed by atoms with Crippen LogP contribution in [0.5, 0.6) is 11.5 Å². The summed E-state index contributed by atoms with van der Waals surface area (Å²) in [6.07, 6.45) is -4.02. The number of benzene rings is 1. The molecule has 0 spiro atoms. The zero-order valence-corrected chi connectivity index (χ0v) is 16.4. The van der Waals surface area contributed by atoms with Crippen molar-refractivity contribution in [3.8, 4) is 11.5 Å². The number of aromatic nitrogens is 3. The Hall–Kier alpha value is -3.01. The van der Waals surface area contributed by atoms with E-state index in [9.17, 15) is 22.8 Å². The van der Waals surface area contributed by atoms with Gasteiger partial charge in [0.15, 0.2) is 11.5 Å². The average molecular weight is 442 g/mol. The molecule has 2 aromatic heterocycles. The van der Waals surface area contributed by atoms with Gasteiger partial charge in [0.25, 0.3) is 5.56 Å². The van der Waals surface area contributed by atoms with Gasteiger partial charge in [-0.25, -0.2) is 9.78 Å². The van der Waals surface area contributed by atoms with Crippen molar-refractivity contribution in [3.63, 3.8) is 0 Å². The summed E-state index contributed by atoms with van der Waals surface area (Å²) in [4.78, 5) is 29.0. The third-order valence-electron chi connectivity index (χ3n) is 4.68. The molecular weight excluding hydrogens is 427 g/mol. The van der Waals surface area contributed by atoms with Gasteiger partial charge >= 0.3 is 11.9 Å². The largest absolute Gasteiger partial charge is 0.489 e. The highest BCUT2D eigenvalue weighted by Crippen LogP contribution is 2.38. The summed E-state index contributed by atoms with van der Waals surface area (Å²) in [6, 6.07) is 4.90. The van der Waals surface area contributed by atoms with Crippen molar-refractivity contribution in [2.75, 3.05) is 13.2 Å². The van der Waals surface area contributed by atoms with E-state index in [2.05, 4.69) is 4.98 Å². The quantitative estimate of drug-likeness (QED) is 0.611. The molecule has 0 N–H and O–H groups in total. The molecule has 0 aliphatic carbocycles. The van der Waals surface area contributed by atoms with E-state index < -0.39 is 23.1 Å². The number of aryl methyl sites for hydroxylation is 1. The predicted octanol–water partition coefficient (Wildman–Crippen LogP) is 2.98. The van der Waals surface area contributed by atoms with E-state index in [1.165, 1.54) is 7.05 Å². The molecule has 0 atom stereocenters. The molecule has 3 aromatic rings.